The van der Waals surface area contributed by atoms with E-state index in [4.69, 9.17) is 38.7 Å². The first-order valence-electron chi connectivity index (χ1n) is 15.6. The van der Waals surface area contributed by atoms with Gasteiger partial charge in [0.2, 0.25) is 17.7 Å². The van der Waals surface area contributed by atoms with Crippen LogP contribution in [0.15, 0.2) is 97.1 Å². The quantitative estimate of drug-likeness (QED) is 0.164. The Balaban J connectivity index is 1.38. The van der Waals surface area contributed by atoms with Gasteiger partial charge < -0.3 is 25.6 Å². The van der Waals surface area contributed by atoms with Crippen molar-refractivity contribution < 1.29 is 29.0 Å². The predicted molar refractivity (Wildman–Crippen MR) is 196 cm³/mol. The molecule has 9 nitrogen and oxygen atoms in total. The largest absolute Gasteiger partial charge is 0.493 e. The summed E-state index contributed by atoms with van der Waals surface area (Å²) in [5.41, 5.74) is 6.09. The number of nitrogens with zero attached hydrogens (tertiary/aromatic N) is 1. The highest BCUT2D eigenvalue weighted by molar-refractivity contribution is 8.01. The summed E-state index contributed by atoms with van der Waals surface area (Å²) in [5.74, 6) is 4.91. The lowest BCUT2D eigenvalue weighted by Gasteiger charge is -2.41. The van der Waals surface area contributed by atoms with Gasteiger partial charge in [0.15, 0.2) is 11.5 Å². The third kappa shape index (κ3) is 7.57. The van der Waals surface area contributed by atoms with Crippen LogP contribution >= 0.6 is 11.8 Å². The van der Waals surface area contributed by atoms with Crippen LogP contribution in [-0.4, -0.2) is 71.9 Å². The number of benzene rings is 4. The van der Waals surface area contributed by atoms with E-state index >= 15 is 0 Å². The molecule has 3 atom stereocenters. The zero-order valence-electron chi connectivity index (χ0n) is 27.5. The number of carbonyl (C=O) groups is 3. The Labute approximate surface area is 299 Å². The van der Waals surface area contributed by atoms with Crippen molar-refractivity contribution in [3.8, 4) is 23.3 Å². The van der Waals surface area contributed by atoms with E-state index in [9.17, 15) is 19.5 Å². The van der Waals surface area contributed by atoms with Gasteiger partial charge in [-0.2, -0.15) is 0 Å². The smallest absolute Gasteiger partial charge is 0.248 e. The maximum absolute atomic E-state index is 14.0. The monoisotopic (exact) mass is 679 g/mol. The molecular weight excluding hydrogens is 647 g/mol. The lowest BCUT2D eigenvalue weighted by Crippen LogP contribution is -2.52. The normalized spacial score (nSPS) is 16.9. The van der Waals surface area contributed by atoms with Crippen LogP contribution in [0.25, 0.3) is 0 Å². The standard InChI is InChI=1S/C37H32B3N3O6S/c1-3-49-30-21-27(18-19-29(30)48-2)37(40,47)36(38,39)35(46)42-22-31-33(45)43(28-11-7-10-26(20-28)32(41)44)34(50-31)25-16-14-24(15-17-25)13-12-23-8-5-4-6-9-23/h4-11,14-21,31,34,47H,3,22H2,1-2H3,(H2,41,44)(H,42,46)/t31-,34+,37?/m1/s1. The van der Waals surface area contributed by atoms with Gasteiger partial charge in [-0.05, 0) is 77.9 Å². The van der Waals surface area contributed by atoms with Crippen LogP contribution in [-0.2, 0) is 15.1 Å². The molecule has 1 unspecified atom stereocenters. The number of anilines is 1. The Hall–Kier alpha value is -5.05. The summed E-state index contributed by atoms with van der Waals surface area (Å²) >= 11 is 1.28. The molecule has 1 aliphatic rings. The maximum atomic E-state index is 14.0. The number of thioether (sulfide) groups is 1. The highest BCUT2D eigenvalue weighted by atomic mass is 32.2. The van der Waals surface area contributed by atoms with Gasteiger partial charge in [-0.15, -0.1) is 11.8 Å². The van der Waals surface area contributed by atoms with Crippen LogP contribution in [0.1, 0.15) is 44.9 Å². The molecular formula is C37H32B3N3O6S. The summed E-state index contributed by atoms with van der Waals surface area (Å²) in [6.07, 6.45) is 0. The molecule has 50 heavy (non-hydrogen) atoms. The van der Waals surface area contributed by atoms with Gasteiger partial charge in [-0.3, -0.25) is 19.3 Å². The van der Waals surface area contributed by atoms with Crippen LogP contribution in [0.5, 0.6) is 11.5 Å². The van der Waals surface area contributed by atoms with Gasteiger partial charge >= 0.3 is 0 Å². The minimum atomic E-state index is -2.56. The average molecular weight is 679 g/mol. The highest BCUT2D eigenvalue weighted by Crippen LogP contribution is 2.46. The Morgan fingerprint density at radius 2 is 1.62 bits per heavy atom. The van der Waals surface area contributed by atoms with E-state index < -0.39 is 33.2 Å². The number of rotatable bonds is 11. The molecule has 0 spiro atoms. The summed E-state index contributed by atoms with van der Waals surface area (Å²) in [6.45, 7) is 1.86. The predicted octanol–water partition coefficient (Wildman–Crippen LogP) is 3.32. The van der Waals surface area contributed by atoms with Crippen LogP contribution < -0.4 is 25.4 Å². The first-order chi connectivity index (χ1) is 23.9. The third-order valence-corrected chi connectivity index (χ3v) is 9.57. The van der Waals surface area contributed by atoms with Crippen molar-refractivity contribution in [2.45, 2.75) is 28.3 Å². The molecule has 0 saturated carbocycles. The van der Waals surface area contributed by atoms with E-state index in [-0.39, 0.29) is 29.3 Å². The van der Waals surface area contributed by atoms with Crippen molar-refractivity contribution in [1.82, 2.24) is 5.32 Å². The zero-order chi connectivity index (χ0) is 36.1. The van der Waals surface area contributed by atoms with E-state index in [0.717, 1.165) is 16.7 Å². The fraction of sp³-hybridized carbons (Fsp3) is 0.216. The summed E-state index contributed by atoms with van der Waals surface area (Å²) < 4.78 is 10.8. The first-order valence-corrected chi connectivity index (χ1v) is 16.6. The fourth-order valence-electron chi connectivity index (χ4n) is 5.30. The third-order valence-electron chi connectivity index (χ3n) is 8.13. The number of ether oxygens (including phenoxy) is 2. The minimum Gasteiger partial charge on any atom is -0.493 e. The van der Waals surface area contributed by atoms with Crippen molar-refractivity contribution >= 4 is 58.7 Å². The number of amides is 3. The zero-order valence-corrected chi connectivity index (χ0v) is 28.3. The first kappa shape index (κ1) is 36.2. The van der Waals surface area contributed by atoms with Crippen molar-refractivity contribution in [2.75, 3.05) is 25.2 Å². The molecule has 6 radical (unpaired) electrons. The second kappa shape index (κ2) is 15.2. The number of primary amides is 1. The highest BCUT2D eigenvalue weighted by Gasteiger charge is 2.47. The van der Waals surface area contributed by atoms with Gasteiger partial charge in [-0.25, -0.2) is 0 Å². The number of aliphatic hydroxyl groups is 1. The summed E-state index contributed by atoms with van der Waals surface area (Å²) in [7, 11) is 20.1. The second-order valence-corrected chi connectivity index (χ2v) is 12.8. The van der Waals surface area contributed by atoms with Crippen LogP contribution in [0.4, 0.5) is 5.69 Å². The van der Waals surface area contributed by atoms with E-state index in [1.807, 2.05) is 54.6 Å². The lowest BCUT2D eigenvalue weighted by atomic mass is 9.39. The molecule has 1 aliphatic heterocycles. The Morgan fingerprint density at radius 3 is 2.26 bits per heavy atom. The molecule has 0 bridgehead atoms. The number of hydrogen-bond donors (Lipinski definition) is 3. The van der Waals surface area contributed by atoms with Crippen molar-refractivity contribution in [1.29, 1.82) is 0 Å². The molecule has 4 aromatic carbocycles. The van der Waals surface area contributed by atoms with Gasteiger partial charge in [0.25, 0.3) is 0 Å². The molecule has 0 aromatic heterocycles. The number of hydrogen-bond acceptors (Lipinski definition) is 7. The van der Waals surface area contributed by atoms with Gasteiger partial charge in [0.1, 0.15) is 18.5 Å². The number of nitrogens with one attached hydrogen (secondary N) is 1. The van der Waals surface area contributed by atoms with E-state index in [2.05, 4.69) is 17.2 Å². The van der Waals surface area contributed by atoms with Gasteiger partial charge in [-0.1, -0.05) is 54.3 Å². The summed E-state index contributed by atoms with van der Waals surface area (Å²) in [5, 5.41) is 10.0. The number of nitrogens with two attached hydrogens (primary N) is 1. The lowest BCUT2D eigenvalue weighted by molar-refractivity contribution is -0.125. The van der Waals surface area contributed by atoms with E-state index in [1.54, 1.807) is 36.1 Å². The summed E-state index contributed by atoms with van der Waals surface area (Å²) in [4.78, 5) is 41.0. The average Bonchev–Trinajstić information content (AvgIpc) is 3.45. The van der Waals surface area contributed by atoms with Crippen LogP contribution in [0, 0.1) is 11.8 Å². The molecule has 4 aromatic rings. The topological polar surface area (TPSA) is 131 Å². The maximum Gasteiger partial charge on any atom is 0.248 e. The number of carbonyl (C=O) groups excluding carboxylic acids is 3. The molecule has 0 aliphatic carbocycles. The number of methoxy groups -OCH3 is 1. The van der Waals surface area contributed by atoms with Crippen molar-refractivity contribution in [3.05, 3.63) is 125 Å². The van der Waals surface area contributed by atoms with Crippen molar-refractivity contribution in [2.24, 2.45) is 5.73 Å². The molecule has 1 heterocycles. The van der Waals surface area contributed by atoms with Crippen LogP contribution in [0.2, 0.25) is 5.21 Å². The second-order valence-electron chi connectivity index (χ2n) is 11.5. The molecule has 3 amide bonds. The molecule has 246 valence electrons. The summed E-state index contributed by atoms with van der Waals surface area (Å²) in [6, 6.07) is 27.8. The Morgan fingerprint density at radius 1 is 0.940 bits per heavy atom. The van der Waals surface area contributed by atoms with Crippen molar-refractivity contribution in [3.63, 3.8) is 0 Å². The Kier molecular flexibility index (Phi) is 11.0. The molecule has 1 fully saturated rings. The van der Waals surface area contributed by atoms with E-state index in [1.165, 1.54) is 37.1 Å². The SMILES string of the molecule is [B]C([B])(C(=O)NC[C@H]1S[C@@H](c2ccc(C#Cc3ccccc3)cc2)N(c2cccc(C(N)=O)c2)C1=O)C([B])(O)c1ccc(OC)c(OCC)c1. The minimum absolute atomic E-state index is 0.00527. The van der Waals surface area contributed by atoms with Gasteiger partial charge in [0, 0.05) is 34.4 Å². The fourth-order valence-corrected chi connectivity index (χ4v) is 6.68. The molecule has 13 heteroatoms. The molecule has 5 rings (SSSR count). The molecule has 1 saturated heterocycles. The Bertz CT molecular complexity index is 1950. The van der Waals surface area contributed by atoms with Crippen LogP contribution in [0.3, 0.4) is 0 Å². The van der Waals surface area contributed by atoms with Gasteiger partial charge in [0.05, 0.1) is 29.4 Å². The van der Waals surface area contributed by atoms with E-state index in [0.29, 0.717) is 18.0 Å². The molecule has 4 N–H and O–H groups in total.